The normalized spacial score (nSPS) is 10.5. The third kappa shape index (κ3) is 3.31. The lowest BCUT2D eigenvalue weighted by molar-refractivity contribution is -0.0517. The van der Waals surface area contributed by atoms with E-state index in [9.17, 15) is 8.78 Å². The maximum atomic E-state index is 12.1. The largest absolute Gasteiger partial charge is 0.493 e. The molecule has 0 unspecified atom stereocenters. The van der Waals surface area contributed by atoms with Gasteiger partial charge in [0, 0.05) is 5.33 Å². The Bertz CT molecular complexity index is 345. The van der Waals surface area contributed by atoms with E-state index in [2.05, 4.69) is 36.6 Å². The van der Waals surface area contributed by atoms with Crippen LogP contribution in [-0.2, 0) is 5.33 Å². The van der Waals surface area contributed by atoms with Crippen LogP contribution >= 0.6 is 31.9 Å². The molecular weight excluding hydrogens is 338 g/mol. The molecule has 1 rings (SSSR count). The van der Waals surface area contributed by atoms with Crippen molar-refractivity contribution in [3.05, 3.63) is 22.2 Å². The van der Waals surface area contributed by atoms with E-state index < -0.39 is 6.61 Å². The lowest BCUT2D eigenvalue weighted by Crippen LogP contribution is -2.04. The van der Waals surface area contributed by atoms with Crippen molar-refractivity contribution >= 4 is 31.9 Å². The van der Waals surface area contributed by atoms with Crippen LogP contribution in [0.1, 0.15) is 5.56 Å². The Balaban J connectivity index is 3.12. The van der Waals surface area contributed by atoms with Crippen molar-refractivity contribution in [3.63, 3.8) is 0 Å². The van der Waals surface area contributed by atoms with Crippen LogP contribution in [0.25, 0.3) is 0 Å². The maximum absolute atomic E-state index is 12.1. The Morgan fingerprint density at radius 3 is 2.53 bits per heavy atom. The van der Waals surface area contributed by atoms with Gasteiger partial charge >= 0.3 is 6.61 Å². The Morgan fingerprint density at radius 2 is 2.07 bits per heavy atom. The van der Waals surface area contributed by atoms with Crippen molar-refractivity contribution < 1.29 is 18.3 Å². The second-order valence-corrected chi connectivity index (χ2v) is 4.04. The summed E-state index contributed by atoms with van der Waals surface area (Å²) in [5.74, 6) is 0.288. The third-order valence-electron chi connectivity index (χ3n) is 1.65. The molecular formula is C9H8Br2F2O2. The number of hydrogen-bond acceptors (Lipinski definition) is 2. The number of halogens is 4. The Morgan fingerprint density at radius 1 is 1.40 bits per heavy atom. The van der Waals surface area contributed by atoms with Crippen LogP contribution in [0.2, 0.25) is 0 Å². The molecule has 0 aromatic heterocycles. The van der Waals surface area contributed by atoms with Gasteiger partial charge in [0.05, 0.1) is 11.6 Å². The van der Waals surface area contributed by atoms with Crippen LogP contribution in [0.4, 0.5) is 8.78 Å². The maximum Gasteiger partial charge on any atom is 0.387 e. The topological polar surface area (TPSA) is 18.5 Å². The SMILES string of the molecule is COc1cc(CBr)cc(Br)c1OC(F)F. The highest BCUT2D eigenvalue weighted by Crippen LogP contribution is 2.38. The Kier molecular flexibility index (Phi) is 4.79. The van der Waals surface area contributed by atoms with Gasteiger partial charge in [0.15, 0.2) is 11.5 Å². The van der Waals surface area contributed by atoms with Gasteiger partial charge in [-0.15, -0.1) is 0 Å². The third-order valence-corrected chi connectivity index (χ3v) is 2.89. The first-order valence-corrected chi connectivity index (χ1v) is 5.87. The van der Waals surface area contributed by atoms with E-state index in [1.807, 2.05) is 0 Å². The van der Waals surface area contributed by atoms with Crippen LogP contribution in [0.5, 0.6) is 11.5 Å². The van der Waals surface area contributed by atoms with Gasteiger partial charge in [-0.1, -0.05) is 15.9 Å². The van der Waals surface area contributed by atoms with Gasteiger partial charge in [0.2, 0.25) is 0 Å². The van der Waals surface area contributed by atoms with E-state index in [1.54, 1.807) is 12.1 Å². The smallest absolute Gasteiger partial charge is 0.387 e. The highest BCUT2D eigenvalue weighted by atomic mass is 79.9. The molecule has 0 saturated heterocycles. The van der Waals surface area contributed by atoms with Crippen LogP contribution in [0.3, 0.4) is 0 Å². The molecule has 0 saturated carbocycles. The summed E-state index contributed by atoms with van der Waals surface area (Å²) in [7, 11) is 1.40. The van der Waals surface area contributed by atoms with Crippen LogP contribution in [0.15, 0.2) is 16.6 Å². The van der Waals surface area contributed by atoms with Gasteiger partial charge in [-0.2, -0.15) is 8.78 Å². The minimum atomic E-state index is -2.87. The van der Waals surface area contributed by atoms with E-state index in [0.29, 0.717) is 9.80 Å². The number of rotatable bonds is 4. The van der Waals surface area contributed by atoms with Crippen molar-refractivity contribution in [2.45, 2.75) is 11.9 Å². The highest BCUT2D eigenvalue weighted by Gasteiger charge is 2.15. The molecule has 6 heteroatoms. The molecule has 1 aromatic rings. The quantitative estimate of drug-likeness (QED) is 0.769. The molecule has 0 N–H and O–H groups in total. The predicted molar refractivity (Wildman–Crippen MR) is 60.0 cm³/mol. The minimum Gasteiger partial charge on any atom is -0.493 e. The zero-order valence-electron chi connectivity index (χ0n) is 7.77. The van der Waals surface area contributed by atoms with E-state index in [0.717, 1.165) is 5.56 Å². The first-order valence-electron chi connectivity index (χ1n) is 3.95. The summed E-state index contributed by atoms with van der Waals surface area (Å²) in [5, 5.41) is 0.608. The summed E-state index contributed by atoms with van der Waals surface area (Å²) in [4.78, 5) is 0. The summed E-state index contributed by atoms with van der Waals surface area (Å²) in [6.45, 7) is -2.87. The molecule has 0 atom stereocenters. The molecule has 84 valence electrons. The Labute approximate surface area is 103 Å². The number of benzene rings is 1. The fourth-order valence-electron chi connectivity index (χ4n) is 1.05. The number of ether oxygens (including phenoxy) is 2. The molecule has 0 aliphatic heterocycles. The molecule has 0 fully saturated rings. The summed E-state index contributed by atoms with van der Waals surface area (Å²) < 4.78 is 33.9. The average Bonchev–Trinajstić information content (AvgIpc) is 2.20. The highest BCUT2D eigenvalue weighted by molar-refractivity contribution is 9.10. The number of alkyl halides is 3. The first-order chi connectivity index (χ1) is 7.08. The molecule has 0 bridgehead atoms. The monoisotopic (exact) mass is 344 g/mol. The predicted octanol–water partition coefficient (Wildman–Crippen LogP) is 3.95. The lowest BCUT2D eigenvalue weighted by atomic mass is 10.2. The zero-order chi connectivity index (χ0) is 11.4. The van der Waals surface area contributed by atoms with E-state index in [-0.39, 0.29) is 11.5 Å². The van der Waals surface area contributed by atoms with E-state index in [1.165, 1.54) is 7.11 Å². The molecule has 0 heterocycles. The molecule has 0 aliphatic rings. The second kappa shape index (κ2) is 5.65. The van der Waals surface area contributed by atoms with Gasteiger partial charge in [0.25, 0.3) is 0 Å². The first kappa shape index (κ1) is 12.7. The minimum absolute atomic E-state index is 0.0113. The van der Waals surface area contributed by atoms with Crippen molar-refractivity contribution in [3.8, 4) is 11.5 Å². The lowest BCUT2D eigenvalue weighted by Gasteiger charge is -2.12. The fourth-order valence-corrected chi connectivity index (χ4v) is 1.96. The average molecular weight is 346 g/mol. The van der Waals surface area contributed by atoms with Gasteiger partial charge in [-0.05, 0) is 33.6 Å². The molecule has 0 aliphatic carbocycles. The molecule has 0 radical (unpaired) electrons. The van der Waals surface area contributed by atoms with Crippen LogP contribution in [0, 0.1) is 0 Å². The molecule has 0 spiro atoms. The summed E-state index contributed by atoms with van der Waals surface area (Å²) in [6, 6.07) is 3.33. The van der Waals surface area contributed by atoms with E-state index >= 15 is 0 Å². The van der Waals surface area contributed by atoms with Crippen LogP contribution < -0.4 is 9.47 Å². The van der Waals surface area contributed by atoms with Crippen LogP contribution in [-0.4, -0.2) is 13.7 Å². The van der Waals surface area contributed by atoms with Gasteiger partial charge in [-0.25, -0.2) is 0 Å². The standard InChI is InChI=1S/C9H8Br2F2O2/c1-14-7-3-5(4-10)2-6(11)8(7)15-9(12)13/h2-3,9H,4H2,1H3. The molecule has 2 nitrogen and oxygen atoms in total. The Hall–Kier alpha value is -0.360. The van der Waals surface area contributed by atoms with E-state index in [4.69, 9.17) is 4.74 Å². The number of hydrogen-bond donors (Lipinski definition) is 0. The summed E-state index contributed by atoms with van der Waals surface area (Å²) >= 11 is 6.41. The van der Waals surface area contributed by atoms with Crippen molar-refractivity contribution in [2.24, 2.45) is 0 Å². The second-order valence-electron chi connectivity index (χ2n) is 2.62. The van der Waals surface area contributed by atoms with Crippen molar-refractivity contribution in [1.29, 1.82) is 0 Å². The van der Waals surface area contributed by atoms with Gasteiger partial charge in [0.1, 0.15) is 0 Å². The van der Waals surface area contributed by atoms with Gasteiger partial charge in [-0.3, -0.25) is 0 Å². The van der Waals surface area contributed by atoms with Crippen molar-refractivity contribution in [1.82, 2.24) is 0 Å². The molecule has 1 aromatic carbocycles. The fraction of sp³-hybridized carbons (Fsp3) is 0.333. The molecule has 15 heavy (non-hydrogen) atoms. The summed E-state index contributed by atoms with van der Waals surface area (Å²) in [5.41, 5.74) is 0.903. The van der Waals surface area contributed by atoms with Crippen molar-refractivity contribution in [2.75, 3.05) is 7.11 Å². The van der Waals surface area contributed by atoms with Gasteiger partial charge < -0.3 is 9.47 Å². The number of methoxy groups -OCH3 is 1. The zero-order valence-corrected chi connectivity index (χ0v) is 10.9. The summed E-state index contributed by atoms with van der Waals surface area (Å²) in [6.07, 6.45) is 0. The molecule has 0 amide bonds.